The maximum absolute atomic E-state index is 5.48. The van der Waals surface area contributed by atoms with E-state index in [0.717, 1.165) is 18.1 Å². The first-order valence-electron chi connectivity index (χ1n) is 4.92. The van der Waals surface area contributed by atoms with Crippen LogP contribution in [0.2, 0.25) is 0 Å². The zero-order chi connectivity index (χ0) is 10.7. The van der Waals surface area contributed by atoms with E-state index in [1.54, 1.807) is 6.33 Å². The van der Waals surface area contributed by atoms with E-state index in [4.69, 9.17) is 5.73 Å². The number of rotatable bonds is 4. The molecule has 0 bridgehead atoms. The van der Waals surface area contributed by atoms with Crippen LogP contribution in [0.5, 0.6) is 0 Å². The molecule has 0 radical (unpaired) electrons. The Labute approximate surface area is 87.7 Å². The van der Waals surface area contributed by atoms with E-state index >= 15 is 0 Å². The van der Waals surface area contributed by atoms with Gasteiger partial charge >= 0.3 is 0 Å². The lowest BCUT2D eigenvalue weighted by molar-refractivity contribution is 0.564. The van der Waals surface area contributed by atoms with Gasteiger partial charge in [-0.3, -0.25) is 4.68 Å². The summed E-state index contributed by atoms with van der Waals surface area (Å²) in [5, 5.41) is 8.39. The number of aryl methyl sites for hydroxylation is 1. The van der Waals surface area contributed by atoms with E-state index in [-0.39, 0.29) is 0 Å². The predicted molar refractivity (Wildman–Crippen MR) is 54.9 cm³/mol. The summed E-state index contributed by atoms with van der Waals surface area (Å²) in [7, 11) is 0. The van der Waals surface area contributed by atoms with Crippen LogP contribution in [0.15, 0.2) is 18.6 Å². The van der Waals surface area contributed by atoms with E-state index in [1.165, 1.54) is 0 Å². The highest BCUT2D eigenvalue weighted by Gasteiger charge is 2.04. The van der Waals surface area contributed by atoms with E-state index in [1.807, 2.05) is 28.6 Å². The summed E-state index contributed by atoms with van der Waals surface area (Å²) in [6, 6.07) is 1.91. The zero-order valence-corrected chi connectivity index (χ0v) is 8.67. The monoisotopic (exact) mass is 206 g/mol. The molecule has 0 atom stereocenters. The van der Waals surface area contributed by atoms with Crippen LogP contribution in [0.25, 0.3) is 0 Å². The van der Waals surface area contributed by atoms with Gasteiger partial charge in [0.1, 0.15) is 18.7 Å². The summed E-state index contributed by atoms with van der Waals surface area (Å²) in [6.07, 6.45) is 3.46. The van der Waals surface area contributed by atoms with Crippen molar-refractivity contribution in [2.75, 3.05) is 0 Å². The van der Waals surface area contributed by atoms with Crippen LogP contribution in [0, 0.1) is 0 Å². The Balaban J connectivity index is 2.14. The third-order valence-electron chi connectivity index (χ3n) is 2.20. The van der Waals surface area contributed by atoms with Crippen molar-refractivity contribution in [3.63, 3.8) is 0 Å². The Morgan fingerprint density at radius 3 is 3.00 bits per heavy atom. The highest BCUT2D eigenvalue weighted by atomic mass is 15.4. The number of nitrogens with two attached hydrogens (primary N) is 1. The van der Waals surface area contributed by atoms with Gasteiger partial charge in [0.15, 0.2) is 0 Å². The lowest BCUT2D eigenvalue weighted by Gasteiger charge is -2.02. The van der Waals surface area contributed by atoms with Crippen molar-refractivity contribution in [2.45, 2.75) is 26.6 Å². The highest BCUT2D eigenvalue weighted by molar-refractivity contribution is 4.99. The molecule has 2 rings (SSSR count). The molecule has 80 valence electrons. The number of aromatic nitrogens is 5. The van der Waals surface area contributed by atoms with Crippen molar-refractivity contribution >= 4 is 0 Å². The SMILES string of the molecule is CCn1ncnc1Cn1ccc(CN)n1. The van der Waals surface area contributed by atoms with Gasteiger partial charge in [0.05, 0.1) is 5.69 Å². The summed E-state index contributed by atoms with van der Waals surface area (Å²) in [4.78, 5) is 4.18. The fourth-order valence-corrected chi connectivity index (χ4v) is 1.42. The molecule has 2 heterocycles. The quantitative estimate of drug-likeness (QED) is 0.764. The second-order valence-corrected chi connectivity index (χ2v) is 3.20. The molecular weight excluding hydrogens is 192 g/mol. The first-order chi connectivity index (χ1) is 7.33. The van der Waals surface area contributed by atoms with Gasteiger partial charge in [-0.1, -0.05) is 0 Å². The molecule has 6 nitrogen and oxygen atoms in total. The Hall–Kier alpha value is -1.69. The van der Waals surface area contributed by atoms with Crippen LogP contribution >= 0.6 is 0 Å². The van der Waals surface area contributed by atoms with Gasteiger partial charge < -0.3 is 5.73 Å². The van der Waals surface area contributed by atoms with Gasteiger partial charge in [-0.2, -0.15) is 10.2 Å². The van der Waals surface area contributed by atoms with E-state index in [0.29, 0.717) is 13.1 Å². The molecule has 2 aromatic rings. The maximum atomic E-state index is 5.48. The van der Waals surface area contributed by atoms with Crippen molar-refractivity contribution in [3.8, 4) is 0 Å². The standard InChI is InChI=1S/C9H14N6/c1-2-15-9(11-7-12-15)6-14-4-3-8(5-10)13-14/h3-4,7H,2,5-6,10H2,1H3. The molecule has 0 unspecified atom stereocenters. The number of nitrogens with zero attached hydrogens (tertiary/aromatic N) is 5. The molecule has 0 amide bonds. The largest absolute Gasteiger partial charge is 0.325 e. The summed E-state index contributed by atoms with van der Waals surface area (Å²) >= 11 is 0. The minimum Gasteiger partial charge on any atom is -0.325 e. The first-order valence-corrected chi connectivity index (χ1v) is 4.92. The summed E-state index contributed by atoms with van der Waals surface area (Å²) in [5.41, 5.74) is 6.37. The molecule has 0 fully saturated rings. The van der Waals surface area contributed by atoms with E-state index < -0.39 is 0 Å². The second kappa shape index (κ2) is 4.22. The maximum Gasteiger partial charge on any atom is 0.148 e. The Morgan fingerprint density at radius 1 is 1.47 bits per heavy atom. The van der Waals surface area contributed by atoms with Crippen molar-refractivity contribution in [1.29, 1.82) is 0 Å². The van der Waals surface area contributed by atoms with Gasteiger partial charge in [0.25, 0.3) is 0 Å². The van der Waals surface area contributed by atoms with Gasteiger partial charge in [0, 0.05) is 19.3 Å². The molecule has 0 saturated carbocycles. The fourth-order valence-electron chi connectivity index (χ4n) is 1.42. The molecule has 0 aromatic carbocycles. The molecule has 6 heteroatoms. The minimum absolute atomic E-state index is 0.466. The predicted octanol–water partition coefficient (Wildman–Crippen LogP) is 0.00150. The summed E-state index contributed by atoms with van der Waals surface area (Å²) in [6.45, 7) is 3.95. The van der Waals surface area contributed by atoms with Crippen molar-refractivity contribution in [3.05, 3.63) is 30.1 Å². The third-order valence-corrected chi connectivity index (χ3v) is 2.20. The van der Waals surface area contributed by atoms with Crippen LogP contribution < -0.4 is 5.73 Å². The molecule has 0 aliphatic heterocycles. The van der Waals surface area contributed by atoms with Crippen LogP contribution in [-0.2, 0) is 19.6 Å². The van der Waals surface area contributed by atoms with Crippen molar-refractivity contribution in [1.82, 2.24) is 24.5 Å². The topological polar surface area (TPSA) is 74.5 Å². The number of hydrogen-bond acceptors (Lipinski definition) is 4. The number of hydrogen-bond donors (Lipinski definition) is 1. The Bertz CT molecular complexity index is 429. The second-order valence-electron chi connectivity index (χ2n) is 3.20. The van der Waals surface area contributed by atoms with Gasteiger partial charge in [0.2, 0.25) is 0 Å². The average molecular weight is 206 g/mol. The van der Waals surface area contributed by atoms with Gasteiger partial charge in [-0.05, 0) is 13.0 Å². The normalized spacial score (nSPS) is 10.8. The van der Waals surface area contributed by atoms with Gasteiger partial charge in [-0.25, -0.2) is 9.67 Å². The van der Waals surface area contributed by atoms with Gasteiger partial charge in [-0.15, -0.1) is 0 Å². The van der Waals surface area contributed by atoms with Crippen molar-refractivity contribution in [2.24, 2.45) is 5.73 Å². The Kier molecular flexibility index (Phi) is 2.77. The summed E-state index contributed by atoms with van der Waals surface area (Å²) in [5.74, 6) is 0.907. The van der Waals surface area contributed by atoms with Crippen molar-refractivity contribution < 1.29 is 0 Å². The molecule has 2 N–H and O–H groups in total. The molecule has 0 aliphatic carbocycles. The van der Waals surface area contributed by atoms with Crippen LogP contribution in [-0.4, -0.2) is 24.5 Å². The summed E-state index contributed by atoms with van der Waals surface area (Å²) < 4.78 is 3.67. The lowest BCUT2D eigenvalue weighted by atomic mass is 10.4. The van der Waals surface area contributed by atoms with Crippen LogP contribution in [0.1, 0.15) is 18.4 Å². The lowest BCUT2D eigenvalue weighted by Crippen LogP contribution is -2.10. The van der Waals surface area contributed by atoms with Crippen LogP contribution in [0.4, 0.5) is 0 Å². The Morgan fingerprint density at radius 2 is 2.33 bits per heavy atom. The fraction of sp³-hybridized carbons (Fsp3) is 0.444. The molecule has 0 saturated heterocycles. The first kappa shape index (κ1) is 9.85. The molecule has 15 heavy (non-hydrogen) atoms. The molecule has 0 spiro atoms. The average Bonchev–Trinajstić information content (AvgIpc) is 2.87. The van der Waals surface area contributed by atoms with Crippen LogP contribution in [0.3, 0.4) is 0 Å². The van der Waals surface area contributed by atoms with E-state index in [2.05, 4.69) is 15.2 Å². The zero-order valence-electron chi connectivity index (χ0n) is 8.67. The highest BCUT2D eigenvalue weighted by Crippen LogP contribution is 2.00. The molecule has 2 aromatic heterocycles. The molecular formula is C9H14N6. The van der Waals surface area contributed by atoms with E-state index in [9.17, 15) is 0 Å². The minimum atomic E-state index is 0.466. The molecule has 0 aliphatic rings. The smallest absolute Gasteiger partial charge is 0.148 e. The third kappa shape index (κ3) is 2.04.